The van der Waals surface area contributed by atoms with E-state index in [4.69, 9.17) is 10.2 Å². The number of benzene rings is 2. The summed E-state index contributed by atoms with van der Waals surface area (Å²) in [7, 11) is 0. The number of hydrogen-bond donors (Lipinski definition) is 1. The molecule has 0 bridgehead atoms. The molecule has 5 heterocycles. The normalized spacial score (nSPS) is 20.3. The zero-order valence-electron chi connectivity index (χ0n) is 19.2. The van der Waals surface area contributed by atoms with Crippen molar-refractivity contribution in [3.63, 3.8) is 0 Å². The average molecular weight is 447 g/mol. The van der Waals surface area contributed by atoms with Gasteiger partial charge >= 0.3 is 0 Å². The van der Waals surface area contributed by atoms with E-state index in [1.165, 1.54) is 29.8 Å². The molecule has 2 fully saturated rings. The lowest BCUT2D eigenvalue weighted by molar-refractivity contribution is 0.601. The number of fused-ring (bicyclic) bond motifs is 6. The SMILES string of the molecule is Cc1cnc2n1-c1ccc(N3CC[C@H]4NCC[C@@H]43)cc1Cn1cc(-c3ccc(C#N)cc3)cc1-2. The Morgan fingerprint density at radius 1 is 1.06 bits per heavy atom. The molecular weight excluding hydrogens is 420 g/mol. The standard InChI is InChI=1S/C28H26N6/c1-18-15-31-28-27-13-21(20-4-2-19(14-29)3-5-20)16-32(27)17-22-12-23(6-7-25(22)34(18)28)33-11-9-24-26(33)8-10-30-24/h2-7,12-13,15-16,24,26,30H,8-11,17H2,1H3/t24-,26+/m1/s1. The van der Waals surface area contributed by atoms with E-state index in [-0.39, 0.29) is 0 Å². The Balaban J connectivity index is 1.34. The third-order valence-corrected chi connectivity index (χ3v) is 7.78. The Labute approximate surface area is 199 Å². The fourth-order valence-corrected chi connectivity index (χ4v) is 6.11. The maximum absolute atomic E-state index is 9.15. The van der Waals surface area contributed by atoms with Crippen LogP contribution in [-0.2, 0) is 6.54 Å². The molecule has 0 spiro atoms. The molecule has 34 heavy (non-hydrogen) atoms. The van der Waals surface area contributed by atoms with Crippen LogP contribution in [0.4, 0.5) is 5.69 Å². The van der Waals surface area contributed by atoms with Gasteiger partial charge in [-0.2, -0.15) is 5.26 Å². The summed E-state index contributed by atoms with van der Waals surface area (Å²) in [5.41, 5.74) is 9.06. The number of nitriles is 1. The first-order valence-electron chi connectivity index (χ1n) is 12.1. The van der Waals surface area contributed by atoms with Crippen molar-refractivity contribution in [1.29, 1.82) is 5.26 Å². The Kier molecular flexibility index (Phi) is 4.24. The van der Waals surface area contributed by atoms with Crippen LogP contribution in [0.2, 0.25) is 0 Å². The number of anilines is 1. The van der Waals surface area contributed by atoms with Gasteiger partial charge in [0.2, 0.25) is 0 Å². The summed E-state index contributed by atoms with van der Waals surface area (Å²) < 4.78 is 4.62. The number of nitrogens with one attached hydrogen (secondary N) is 1. The maximum Gasteiger partial charge on any atom is 0.161 e. The van der Waals surface area contributed by atoms with Gasteiger partial charge in [-0.3, -0.25) is 4.57 Å². The summed E-state index contributed by atoms with van der Waals surface area (Å²) in [4.78, 5) is 7.42. The van der Waals surface area contributed by atoms with Crippen LogP contribution in [0.5, 0.6) is 0 Å². The molecule has 0 amide bonds. The zero-order valence-corrected chi connectivity index (χ0v) is 19.2. The summed E-state index contributed by atoms with van der Waals surface area (Å²) in [6.45, 7) is 5.18. The molecule has 0 aliphatic carbocycles. The molecule has 6 heteroatoms. The molecule has 2 saturated heterocycles. The first kappa shape index (κ1) is 19.6. The number of imidazole rings is 1. The minimum atomic E-state index is 0.611. The Morgan fingerprint density at radius 3 is 2.79 bits per heavy atom. The highest BCUT2D eigenvalue weighted by molar-refractivity contribution is 5.73. The maximum atomic E-state index is 9.15. The van der Waals surface area contributed by atoms with E-state index < -0.39 is 0 Å². The van der Waals surface area contributed by atoms with Crippen molar-refractivity contribution in [1.82, 2.24) is 19.4 Å². The highest BCUT2D eigenvalue weighted by atomic mass is 15.2. The summed E-state index contributed by atoms with van der Waals surface area (Å²) in [5, 5.41) is 12.8. The highest BCUT2D eigenvalue weighted by Gasteiger charge is 2.37. The zero-order chi connectivity index (χ0) is 22.8. The summed E-state index contributed by atoms with van der Waals surface area (Å²) in [6, 6.07) is 20.5. The van der Waals surface area contributed by atoms with E-state index in [2.05, 4.69) is 62.8 Å². The van der Waals surface area contributed by atoms with Crippen LogP contribution in [0.3, 0.4) is 0 Å². The lowest BCUT2D eigenvalue weighted by atomic mass is 10.1. The minimum Gasteiger partial charge on any atom is -0.367 e. The van der Waals surface area contributed by atoms with E-state index in [1.807, 2.05) is 30.5 Å². The van der Waals surface area contributed by atoms with Gasteiger partial charge in [-0.1, -0.05) is 12.1 Å². The van der Waals surface area contributed by atoms with Crippen LogP contribution in [-0.4, -0.2) is 39.3 Å². The molecule has 7 rings (SSSR count). The van der Waals surface area contributed by atoms with Gasteiger partial charge in [0.1, 0.15) is 0 Å². The van der Waals surface area contributed by atoms with Gasteiger partial charge in [-0.15, -0.1) is 0 Å². The summed E-state index contributed by atoms with van der Waals surface area (Å²) >= 11 is 0. The number of aryl methyl sites for hydroxylation is 1. The van der Waals surface area contributed by atoms with Crippen LogP contribution in [0.1, 0.15) is 29.7 Å². The van der Waals surface area contributed by atoms with E-state index >= 15 is 0 Å². The first-order valence-corrected chi connectivity index (χ1v) is 12.1. The first-order chi connectivity index (χ1) is 16.7. The molecule has 0 unspecified atom stereocenters. The second kappa shape index (κ2) is 7.34. The van der Waals surface area contributed by atoms with Crippen LogP contribution in [0, 0.1) is 18.3 Å². The summed E-state index contributed by atoms with van der Waals surface area (Å²) in [5.74, 6) is 0.977. The van der Waals surface area contributed by atoms with Crippen molar-refractivity contribution in [2.45, 2.75) is 38.4 Å². The molecule has 2 atom stereocenters. The smallest absolute Gasteiger partial charge is 0.161 e. The highest BCUT2D eigenvalue weighted by Crippen LogP contribution is 2.38. The Bertz CT molecular complexity index is 1450. The van der Waals surface area contributed by atoms with E-state index in [1.54, 1.807) is 0 Å². The molecule has 168 valence electrons. The molecule has 4 aromatic rings. The fraction of sp³-hybridized carbons (Fsp3) is 0.286. The van der Waals surface area contributed by atoms with Gasteiger partial charge in [0.15, 0.2) is 5.82 Å². The molecule has 1 N–H and O–H groups in total. The van der Waals surface area contributed by atoms with Crippen molar-refractivity contribution in [3.05, 3.63) is 77.7 Å². The quantitative estimate of drug-likeness (QED) is 0.434. The predicted octanol–water partition coefficient (Wildman–Crippen LogP) is 4.49. The van der Waals surface area contributed by atoms with Gasteiger partial charge in [-0.05, 0) is 73.8 Å². The molecule has 2 aromatic carbocycles. The van der Waals surface area contributed by atoms with E-state index in [0.29, 0.717) is 17.6 Å². The number of rotatable bonds is 2. The van der Waals surface area contributed by atoms with Gasteiger partial charge in [0.05, 0.1) is 23.0 Å². The third kappa shape index (κ3) is 2.87. The predicted molar refractivity (Wildman–Crippen MR) is 133 cm³/mol. The van der Waals surface area contributed by atoms with Crippen LogP contribution in [0.25, 0.3) is 28.3 Å². The Hall–Kier alpha value is -3.82. The van der Waals surface area contributed by atoms with Crippen LogP contribution in [0.15, 0.2) is 60.9 Å². The molecule has 3 aliphatic heterocycles. The fourth-order valence-electron chi connectivity index (χ4n) is 6.11. The number of hydrogen-bond acceptors (Lipinski definition) is 4. The van der Waals surface area contributed by atoms with E-state index in [0.717, 1.165) is 48.0 Å². The van der Waals surface area contributed by atoms with Crippen LogP contribution >= 0.6 is 0 Å². The molecule has 6 nitrogen and oxygen atoms in total. The van der Waals surface area contributed by atoms with E-state index in [9.17, 15) is 0 Å². The lowest BCUT2D eigenvalue weighted by Gasteiger charge is -2.27. The second-order valence-electron chi connectivity index (χ2n) is 9.70. The average Bonchev–Trinajstić information content (AvgIpc) is 3.62. The molecule has 0 saturated carbocycles. The Morgan fingerprint density at radius 2 is 1.94 bits per heavy atom. The lowest BCUT2D eigenvalue weighted by Crippen LogP contribution is -2.34. The van der Waals surface area contributed by atoms with Gasteiger partial charge in [-0.25, -0.2) is 4.98 Å². The van der Waals surface area contributed by atoms with Crippen molar-refractivity contribution < 1.29 is 0 Å². The second-order valence-corrected chi connectivity index (χ2v) is 9.70. The van der Waals surface area contributed by atoms with Crippen LogP contribution < -0.4 is 10.2 Å². The van der Waals surface area contributed by atoms with Crippen molar-refractivity contribution >= 4 is 5.69 Å². The summed E-state index contributed by atoms with van der Waals surface area (Å²) in [6.07, 6.45) is 6.64. The van der Waals surface area contributed by atoms with Crippen molar-refractivity contribution in [2.75, 3.05) is 18.0 Å². The minimum absolute atomic E-state index is 0.611. The topological polar surface area (TPSA) is 61.8 Å². The largest absolute Gasteiger partial charge is 0.367 e. The van der Waals surface area contributed by atoms with Crippen molar-refractivity contribution in [3.8, 4) is 34.4 Å². The number of nitrogens with zero attached hydrogens (tertiary/aromatic N) is 5. The molecule has 3 aliphatic rings. The monoisotopic (exact) mass is 446 g/mol. The third-order valence-electron chi connectivity index (χ3n) is 7.78. The van der Waals surface area contributed by atoms with Gasteiger partial charge < -0.3 is 14.8 Å². The van der Waals surface area contributed by atoms with Gasteiger partial charge in [0, 0.05) is 54.5 Å². The number of aromatic nitrogens is 3. The van der Waals surface area contributed by atoms with Crippen molar-refractivity contribution in [2.24, 2.45) is 0 Å². The van der Waals surface area contributed by atoms with Gasteiger partial charge in [0.25, 0.3) is 0 Å². The molecule has 2 aromatic heterocycles. The molecular formula is C28H26N6. The molecule has 0 radical (unpaired) electrons.